The van der Waals surface area contributed by atoms with Gasteiger partial charge in [0.05, 0.1) is 13.1 Å². The van der Waals surface area contributed by atoms with Gasteiger partial charge in [0.15, 0.2) is 0 Å². The molecule has 1 heterocycles. The lowest BCUT2D eigenvalue weighted by atomic mass is 10.2. The highest BCUT2D eigenvalue weighted by Gasteiger charge is 2.15. The number of hydrogen-bond acceptors (Lipinski definition) is 0. The Morgan fingerprint density at radius 1 is 0.850 bits per heavy atom. The quantitative estimate of drug-likeness (QED) is 0.380. The molecule has 0 unspecified atom stereocenters. The predicted octanol–water partition coefficient (Wildman–Crippen LogP) is 4.89. The Labute approximate surface area is 126 Å². The van der Waals surface area contributed by atoms with E-state index in [0.717, 1.165) is 0 Å². The minimum atomic E-state index is 1.21. The van der Waals surface area contributed by atoms with Crippen LogP contribution >= 0.6 is 0 Å². The van der Waals surface area contributed by atoms with Gasteiger partial charge in [-0.2, -0.15) is 0 Å². The molecule has 0 aliphatic carbocycles. The SMILES string of the molecule is CCCCCCn1cc[n+](CCCCCC)c1CCC. The first kappa shape index (κ1) is 17.3. The van der Waals surface area contributed by atoms with Crippen LogP contribution in [0.25, 0.3) is 0 Å². The molecule has 20 heavy (non-hydrogen) atoms. The summed E-state index contributed by atoms with van der Waals surface area (Å²) in [5, 5.41) is 0. The maximum absolute atomic E-state index is 2.50. The van der Waals surface area contributed by atoms with Crippen LogP contribution in [-0.4, -0.2) is 4.57 Å². The summed E-state index contributed by atoms with van der Waals surface area (Å²) < 4.78 is 5.00. The Morgan fingerprint density at radius 2 is 1.55 bits per heavy atom. The topological polar surface area (TPSA) is 8.81 Å². The van der Waals surface area contributed by atoms with E-state index >= 15 is 0 Å². The van der Waals surface area contributed by atoms with Gasteiger partial charge in [0.25, 0.3) is 5.82 Å². The van der Waals surface area contributed by atoms with Gasteiger partial charge in [0, 0.05) is 6.42 Å². The maximum Gasteiger partial charge on any atom is 0.256 e. The number of hydrogen-bond donors (Lipinski definition) is 0. The van der Waals surface area contributed by atoms with Crippen LogP contribution in [-0.2, 0) is 19.5 Å². The molecule has 0 bridgehead atoms. The lowest BCUT2D eigenvalue weighted by molar-refractivity contribution is -0.704. The van der Waals surface area contributed by atoms with E-state index in [4.69, 9.17) is 0 Å². The van der Waals surface area contributed by atoms with Gasteiger partial charge in [0.2, 0.25) is 0 Å². The van der Waals surface area contributed by atoms with Gasteiger partial charge in [-0.15, -0.1) is 0 Å². The van der Waals surface area contributed by atoms with Crippen molar-refractivity contribution in [3.8, 4) is 0 Å². The minimum absolute atomic E-state index is 1.21. The van der Waals surface area contributed by atoms with Crippen LogP contribution in [0, 0.1) is 0 Å². The van der Waals surface area contributed by atoms with Crippen molar-refractivity contribution in [3.63, 3.8) is 0 Å². The molecule has 2 heteroatoms. The molecule has 116 valence electrons. The van der Waals surface area contributed by atoms with Crippen LogP contribution in [0.4, 0.5) is 0 Å². The molecule has 1 rings (SSSR count). The predicted molar refractivity (Wildman–Crippen MR) is 86.9 cm³/mol. The van der Waals surface area contributed by atoms with Crippen LogP contribution in [0.1, 0.15) is 84.4 Å². The fourth-order valence-electron chi connectivity index (χ4n) is 2.83. The molecule has 0 fully saturated rings. The van der Waals surface area contributed by atoms with Gasteiger partial charge in [-0.05, 0) is 32.1 Å². The van der Waals surface area contributed by atoms with Gasteiger partial charge in [-0.3, -0.25) is 0 Å². The molecule has 0 aromatic carbocycles. The van der Waals surface area contributed by atoms with Crippen molar-refractivity contribution >= 4 is 0 Å². The van der Waals surface area contributed by atoms with E-state index in [1.54, 1.807) is 5.82 Å². The van der Waals surface area contributed by atoms with Gasteiger partial charge >= 0.3 is 0 Å². The Kier molecular flexibility index (Phi) is 9.44. The van der Waals surface area contributed by atoms with Crippen molar-refractivity contribution < 1.29 is 4.57 Å². The summed E-state index contributed by atoms with van der Waals surface area (Å²) in [6.07, 6.45) is 17.9. The molecule has 0 amide bonds. The van der Waals surface area contributed by atoms with Crippen LogP contribution in [0.3, 0.4) is 0 Å². The first-order valence-corrected chi connectivity index (χ1v) is 8.90. The van der Waals surface area contributed by atoms with Gasteiger partial charge in [-0.25, -0.2) is 9.13 Å². The zero-order valence-electron chi connectivity index (χ0n) is 14.0. The summed E-state index contributed by atoms with van der Waals surface area (Å²) in [6.45, 7) is 9.26. The normalized spacial score (nSPS) is 11.2. The Balaban J connectivity index is 2.49. The molecule has 1 aromatic rings. The molecule has 0 radical (unpaired) electrons. The van der Waals surface area contributed by atoms with Crippen molar-refractivity contribution in [2.75, 3.05) is 0 Å². The fourth-order valence-corrected chi connectivity index (χ4v) is 2.83. The Morgan fingerprint density at radius 3 is 2.20 bits per heavy atom. The fraction of sp³-hybridized carbons (Fsp3) is 0.833. The van der Waals surface area contributed by atoms with Crippen molar-refractivity contribution in [2.24, 2.45) is 0 Å². The highest BCUT2D eigenvalue weighted by molar-refractivity contribution is 4.84. The van der Waals surface area contributed by atoms with E-state index < -0.39 is 0 Å². The zero-order valence-corrected chi connectivity index (χ0v) is 14.0. The van der Waals surface area contributed by atoms with E-state index in [2.05, 4.69) is 42.3 Å². The molecule has 0 saturated heterocycles. The number of rotatable bonds is 12. The maximum atomic E-state index is 2.50. The molecule has 1 aromatic heterocycles. The second kappa shape index (κ2) is 10.9. The van der Waals surface area contributed by atoms with Crippen LogP contribution < -0.4 is 4.57 Å². The number of nitrogens with zero attached hydrogens (tertiary/aromatic N) is 2. The van der Waals surface area contributed by atoms with E-state index in [1.165, 1.54) is 77.3 Å². The number of unbranched alkanes of at least 4 members (excludes halogenated alkanes) is 6. The third-order valence-corrected chi connectivity index (χ3v) is 4.07. The third kappa shape index (κ3) is 6.11. The summed E-state index contributed by atoms with van der Waals surface area (Å²) in [5.74, 6) is 1.54. The lowest BCUT2D eigenvalue weighted by Crippen LogP contribution is -2.37. The molecule has 2 nitrogen and oxygen atoms in total. The van der Waals surface area contributed by atoms with E-state index in [9.17, 15) is 0 Å². The number of aryl methyl sites for hydroxylation is 2. The molecule has 0 atom stereocenters. The first-order valence-electron chi connectivity index (χ1n) is 8.90. The molecule has 0 aliphatic heterocycles. The van der Waals surface area contributed by atoms with Crippen LogP contribution in [0.5, 0.6) is 0 Å². The minimum Gasteiger partial charge on any atom is -0.234 e. The third-order valence-electron chi connectivity index (χ3n) is 4.07. The molecular weight excluding hydrogens is 244 g/mol. The number of aromatic nitrogens is 2. The highest BCUT2D eigenvalue weighted by Crippen LogP contribution is 2.07. The molecular formula is C18H35N2+. The molecule has 0 saturated carbocycles. The Hall–Kier alpha value is -0.790. The Bertz CT molecular complexity index is 312. The van der Waals surface area contributed by atoms with Crippen molar-refractivity contribution in [1.29, 1.82) is 0 Å². The van der Waals surface area contributed by atoms with E-state index in [1.807, 2.05) is 0 Å². The lowest BCUT2D eigenvalue weighted by Gasteiger charge is -2.05. The second-order valence-corrected chi connectivity index (χ2v) is 5.97. The second-order valence-electron chi connectivity index (χ2n) is 5.97. The van der Waals surface area contributed by atoms with Crippen molar-refractivity contribution in [2.45, 2.75) is 98.1 Å². The van der Waals surface area contributed by atoms with Crippen molar-refractivity contribution in [1.82, 2.24) is 4.57 Å². The highest BCUT2D eigenvalue weighted by atomic mass is 15.1. The van der Waals surface area contributed by atoms with Crippen LogP contribution in [0.2, 0.25) is 0 Å². The smallest absolute Gasteiger partial charge is 0.234 e. The average Bonchev–Trinajstić information content (AvgIpc) is 2.83. The van der Waals surface area contributed by atoms with Gasteiger partial charge in [0.1, 0.15) is 12.4 Å². The standard InChI is InChI=1S/C18H35N2/c1-4-7-9-11-14-19-16-17-20(18(19)13-6-3)15-12-10-8-5-2/h16-17H,4-15H2,1-3H3/q+1. The van der Waals surface area contributed by atoms with E-state index in [0.29, 0.717) is 0 Å². The summed E-state index contributed by atoms with van der Waals surface area (Å²) in [6, 6.07) is 0. The summed E-state index contributed by atoms with van der Waals surface area (Å²) >= 11 is 0. The molecule has 0 N–H and O–H groups in total. The summed E-state index contributed by atoms with van der Waals surface area (Å²) in [5.41, 5.74) is 0. The van der Waals surface area contributed by atoms with Crippen molar-refractivity contribution in [3.05, 3.63) is 18.2 Å². The summed E-state index contributed by atoms with van der Waals surface area (Å²) in [7, 11) is 0. The van der Waals surface area contributed by atoms with Crippen LogP contribution in [0.15, 0.2) is 12.4 Å². The van der Waals surface area contributed by atoms with Gasteiger partial charge < -0.3 is 0 Å². The zero-order chi connectivity index (χ0) is 14.6. The summed E-state index contributed by atoms with van der Waals surface area (Å²) in [4.78, 5) is 0. The first-order chi connectivity index (χ1) is 9.83. The molecule has 0 spiro atoms. The largest absolute Gasteiger partial charge is 0.256 e. The number of imidazole rings is 1. The molecule has 0 aliphatic rings. The average molecular weight is 279 g/mol. The van der Waals surface area contributed by atoms with E-state index in [-0.39, 0.29) is 0 Å². The van der Waals surface area contributed by atoms with Gasteiger partial charge in [-0.1, -0.05) is 46.5 Å². The monoisotopic (exact) mass is 279 g/mol.